The van der Waals surface area contributed by atoms with Gasteiger partial charge in [-0.3, -0.25) is 4.79 Å². The predicted molar refractivity (Wildman–Crippen MR) is 97.1 cm³/mol. The molecule has 0 aliphatic heterocycles. The zero-order valence-electron chi connectivity index (χ0n) is 14.1. The minimum Gasteiger partial charge on any atom is -0.496 e. The largest absolute Gasteiger partial charge is 0.496 e. The maximum Gasteiger partial charge on any atom is 0.193 e. The highest BCUT2D eigenvalue weighted by molar-refractivity contribution is 6.17. The van der Waals surface area contributed by atoms with Gasteiger partial charge in [-0.1, -0.05) is 42.5 Å². The SMILES string of the molecule is COc1cccc2c(C(=O)c3ccc(C)c4c3CCC4)cccc12. The molecule has 0 unspecified atom stereocenters. The molecule has 2 nitrogen and oxygen atoms in total. The van der Waals surface area contributed by atoms with Crippen LogP contribution in [0.2, 0.25) is 0 Å². The molecule has 0 saturated heterocycles. The number of methoxy groups -OCH3 is 1. The van der Waals surface area contributed by atoms with Gasteiger partial charge in [-0.05, 0) is 54.3 Å². The number of rotatable bonds is 3. The Hall–Kier alpha value is -2.61. The number of carbonyl (C=O) groups is 1. The first-order valence-electron chi connectivity index (χ1n) is 8.42. The van der Waals surface area contributed by atoms with Gasteiger partial charge in [0.15, 0.2) is 5.78 Å². The van der Waals surface area contributed by atoms with Gasteiger partial charge < -0.3 is 4.74 Å². The van der Waals surface area contributed by atoms with Crippen LogP contribution in [-0.4, -0.2) is 12.9 Å². The van der Waals surface area contributed by atoms with Crippen molar-refractivity contribution in [3.63, 3.8) is 0 Å². The summed E-state index contributed by atoms with van der Waals surface area (Å²) >= 11 is 0. The van der Waals surface area contributed by atoms with E-state index in [2.05, 4.69) is 13.0 Å². The number of hydrogen-bond acceptors (Lipinski definition) is 2. The summed E-state index contributed by atoms with van der Waals surface area (Å²) in [6.45, 7) is 2.14. The molecule has 3 aromatic rings. The van der Waals surface area contributed by atoms with Crippen molar-refractivity contribution in [3.05, 3.63) is 76.3 Å². The van der Waals surface area contributed by atoms with Crippen molar-refractivity contribution in [2.45, 2.75) is 26.2 Å². The van der Waals surface area contributed by atoms with Crippen LogP contribution in [0, 0.1) is 6.92 Å². The van der Waals surface area contributed by atoms with Gasteiger partial charge in [0.05, 0.1) is 7.11 Å². The van der Waals surface area contributed by atoms with E-state index in [0.29, 0.717) is 0 Å². The van der Waals surface area contributed by atoms with E-state index in [1.165, 1.54) is 16.7 Å². The van der Waals surface area contributed by atoms with Crippen LogP contribution in [-0.2, 0) is 12.8 Å². The number of hydrogen-bond donors (Lipinski definition) is 0. The lowest BCUT2D eigenvalue weighted by Gasteiger charge is -2.13. The van der Waals surface area contributed by atoms with E-state index >= 15 is 0 Å². The Labute approximate surface area is 142 Å². The lowest BCUT2D eigenvalue weighted by Crippen LogP contribution is -2.07. The Morgan fingerprint density at radius 3 is 2.46 bits per heavy atom. The monoisotopic (exact) mass is 316 g/mol. The Kier molecular flexibility index (Phi) is 3.61. The fourth-order valence-corrected chi connectivity index (χ4v) is 3.90. The number of fused-ring (bicyclic) bond motifs is 2. The third-order valence-corrected chi connectivity index (χ3v) is 5.11. The molecule has 120 valence electrons. The van der Waals surface area contributed by atoms with Gasteiger partial charge in [-0.15, -0.1) is 0 Å². The van der Waals surface area contributed by atoms with Crippen molar-refractivity contribution in [1.82, 2.24) is 0 Å². The quantitative estimate of drug-likeness (QED) is 0.644. The molecular formula is C22H20O2. The van der Waals surface area contributed by atoms with Crippen LogP contribution in [0.5, 0.6) is 5.75 Å². The van der Waals surface area contributed by atoms with Gasteiger partial charge in [-0.25, -0.2) is 0 Å². The minimum atomic E-state index is 0.118. The maximum absolute atomic E-state index is 13.3. The lowest BCUT2D eigenvalue weighted by molar-refractivity contribution is 0.103. The van der Waals surface area contributed by atoms with E-state index in [9.17, 15) is 4.79 Å². The van der Waals surface area contributed by atoms with Crippen LogP contribution in [0.1, 0.15) is 39.0 Å². The summed E-state index contributed by atoms with van der Waals surface area (Å²) < 4.78 is 5.45. The van der Waals surface area contributed by atoms with Crippen molar-refractivity contribution in [1.29, 1.82) is 0 Å². The number of benzene rings is 3. The van der Waals surface area contributed by atoms with Gasteiger partial charge in [0, 0.05) is 16.5 Å². The van der Waals surface area contributed by atoms with Crippen LogP contribution in [0.3, 0.4) is 0 Å². The first-order chi connectivity index (χ1) is 11.7. The third kappa shape index (κ3) is 2.22. The molecule has 0 amide bonds. The third-order valence-electron chi connectivity index (χ3n) is 5.11. The van der Waals surface area contributed by atoms with E-state index in [4.69, 9.17) is 4.74 Å². The van der Waals surface area contributed by atoms with Crippen molar-refractivity contribution < 1.29 is 9.53 Å². The summed E-state index contributed by atoms with van der Waals surface area (Å²) in [4.78, 5) is 13.3. The summed E-state index contributed by atoms with van der Waals surface area (Å²) in [5.74, 6) is 0.920. The second-order valence-corrected chi connectivity index (χ2v) is 6.43. The van der Waals surface area contributed by atoms with Crippen molar-refractivity contribution in [2.75, 3.05) is 7.11 Å². The van der Waals surface area contributed by atoms with Gasteiger partial charge in [0.25, 0.3) is 0 Å². The molecule has 3 aromatic carbocycles. The highest BCUT2D eigenvalue weighted by atomic mass is 16.5. The summed E-state index contributed by atoms with van der Waals surface area (Å²) in [6.07, 6.45) is 3.24. The Morgan fingerprint density at radius 1 is 0.875 bits per heavy atom. The molecule has 0 heterocycles. The van der Waals surface area contributed by atoms with Crippen LogP contribution < -0.4 is 4.74 Å². The topological polar surface area (TPSA) is 26.3 Å². The normalized spacial score (nSPS) is 13.1. The van der Waals surface area contributed by atoms with Crippen LogP contribution in [0.25, 0.3) is 10.8 Å². The van der Waals surface area contributed by atoms with Crippen molar-refractivity contribution >= 4 is 16.6 Å². The molecule has 0 N–H and O–H groups in total. The van der Waals surface area contributed by atoms with Crippen molar-refractivity contribution in [2.24, 2.45) is 0 Å². The molecule has 1 aliphatic carbocycles. The van der Waals surface area contributed by atoms with Gasteiger partial charge in [-0.2, -0.15) is 0 Å². The molecule has 24 heavy (non-hydrogen) atoms. The Morgan fingerprint density at radius 2 is 1.62 bits per heavy atom. The van der Waals surface area contributed by atoms with E-state index in [1.54, 1.807) is 7.11 Å². The molecule has 0 atom stereocenters. The van der Waals surface area contributed by atoms with Crippen LogP contribution >= 0.6 is 0 Å². The smallest absolute Gasteiger partial charge is 0.193 e. The fourth-order valence-electron chi connectivity index (χ4n) is 3.90. The Bertz CT molecular complexity index is 954. The molecule has 0 aromatic heterocycles. The molecule has 0 radical (unpaired) electrons. The predicted octanol–water partition coefficient (Wildman–Crippen LogP) is 4.88. The van der Waals surface area contributed by atoms with Gasteiger partial charge in [0.1, 0.15) is 5.75 Å². The second-order valence-electron chi connectivity index (χ2n) is 6.43. The number of aryl methyl sites for hydroxylation is 1. The molecule has 2 heteroatoms. The average Bonchev–Trinajstić information content (AvgIpc) is 3.11. The molecule has 4 rings (SSSR count). The first-order valence-corrected chi connectivity index (χ1v) is 8.42. The van der Waals surface area contributed by atoms with Crippen LogP contribution in [0.15, 0.2) is 48.5 Å². The van der Waals surface area contributed by atoms with E-state index in [-0.39, 0.29) is 5.78 Å². The molecule has 1 aliphatic rings. The first kappa shape index (κ1) is 14.9. The summed E-state index contributed by atoms with van der Waals surface area (Å²) in [7, 11) is 1.66. The van der Waals surface area contributed by atoms with Gasteiger partial charge in [0.2, 0.25) is 0 Å². The Balaban J connectivity index is 1.90. The second kappa shape index (κ2) is 5.79. The standard InChI is InChI=1S/C22H20O2/c1-14-12-13-20(16-7-3-6-15(14)16)22(23)19-10-4-9-18-17(19)8-5-11-21(18)24-2/h4-5,8-13H,3,6-7H2,1-2H3. The average molecular weight is 316 g/mol. The summed E-state index contributed by atoms with van der Waals surface area (Å²) in [5, 5.41) is 1.93. The summed E-state index contributed by atoms with van der Waals surface area (Å²) in [6, 6.07) is 15.8. The number of carbonyl (C=O) groups excluding carboxylic acids is 1. The molecule has 0 saturated carbocycles. The van der Waals surface area contributed by atoms with E-state index in [1.807, 2.05) is 42.5 Å². The zero-order valence-corrected chi connectivity index (χ0v) is 14.1. The molecule has 0 bridgehead atoms. The molecular weight excluding hydrogens is 296 g/mol. The highest BCUT2D eigenvalue weighted by Crippen LogP contribution is 2.33. The number of ether oxygens (including phenoxy) is 1. The van der Waals surface area contributed by atoms with E-state index < -0.39 is 0 Å². The highest BCUT2D eigenvalue weighted by Gasteiger charge is 2.22. The van der Waals surface area contributed by atoms with E-state index in [0.717, 1.165) is 46.9 Å². The lowest BCUT2D eigenvalue weighted by atomic mass is 9.91. The van der Waals surface area contributed by atoms with Gasteiger partial charge >= 0.3 is 0 Å². The fraction of sp³-hybridized carbons (Fsp3) is 0.227. The molecule has 0 fully saturated rings. The zero-order chi connectivity index (χ0) is 16.7. The minimum absolute atomic E-state index is 0.118. The number of ketones is 1. The van der Waals surface area contributed by atoms with Crippen LogP contribution in [0.4, 0.5) is 0 Å². The van der Waals surface area contributed by atoms with Crippen molar-refractivity contribution in [3.8, 4) is 5.75 Å². The molecule has 0 spiro atoms. The summed E-state index contributed by atoms with van der Waals surface area (Å²) in [5.41, 5.74) is 5.55. The maximum atomic E-state index is 13.3.